The van der Waals surface area contributed by atoms with Gasteiger partial charge in [0, 0.05) is 24.7 Å². The highest BCUT2D eigenvalue weighted by Crippen LogP contribution is 2.26. The van der Waals surface area contributed by atoms with Crippen molar-refractivity contribution in [2.45, 2.75) is 19.0 Å². The predicted octanol–water partition coefficient (Wildman–Crippen LogP) is 1.54. The highest BCUT2D eigenvalue weighted by Gasteiger charge is 2.27. The van der Waals surface area contributed by atoms with Crippen LogP contribution in [0.15, 0.2) is 42.7 Å². The molecule has 3 N–H and O–H groups in total. The first-order valence-electron chi connectivity index (χ1n) is 7.63. The molecule has 0 bridgehead atoms. The van der Waals surface area contributed by atoms with Gasteiger partial charge in [0.25, 0.3) is 0 Å². The summed E-state index contributed by atoms with van der Waals surface area (Å²) >= 11 is 0. The highest BCUT2D eigenvalue weighted by atomic mass is 16.2. The zero-order valence-electron chi connectivity index (χ0n) is 12.6. The first-order chi connectivity index (χ1) is 11.2. The lowest BCUT2D eigenvalue weighted by Gasteiger charge is -2.31. The van der Waals surface area contributed by atoms with Crippen molar-refractivity contribution in [1.29, 1.82) is 0 Å². The van der Waals surface area contributed by atoms with Gasteiger partial charge in [-0.25, -0.2) is 4.98 Å². The second-order valence-electron chi connectivity index (χ2n) is 5.79. The molecule has 0 fully saturated rings. The van der Waals surface area contributed by atoms with Crippen molar-refractivity contribution in [3.05, 3.63) is 59.4 Å². The fourth-order valence-corrected chi connectivity index (χ4v) is 3.14. The highest BCUT2D eigenvalue weighted by molar-refractivity contribution is 5.84. The van der Waals surface area contributed by atoms with E-state index in [0.717, 1.165) is 28.6 Å². The van der Waals surface area contributed by atoms with Crippen molar-refractivity contribution in [1.82, 2.24) is 20.1 Å². The number of carbonyl (C=O) groups excluding carboxylic acids is 1. The van der Waals surface area contributed by atoms with Crippen LogP contribution in [-0.2, 0) is 17.8 Å². The van der Waals surface area contributed by atoms with Gasteiger partial charge in [0.2, 0.25) is 5.91 Å². The molecule has 0 unspecified atom stereocenters. The van der Waals surface area contributed by atoms with Crippen LogP contribution in [0, 0.1) is 0 Å². The second kappa shape index (κ2) is 5.48. The molecule has 1 aliphatic rings. The fourth-order valence-electron chi connectivity index (χ4n) is 3.14. The number of nitrogens with one attached hydrogen (secondary N) is 1. The third-order valence-corrected chi connectivity index (χ3v) is 4.41. The van der Waals surface area contributed by atoms with E-state index in [-0.39, 0.29) is 5.91 Å². The summed E-state index contributed by atoms with van der Waals surface area (Å²) in [5.74, 6) is -0.0471. The Morgan fingerprint density at radius 1 is 1.26 bits per heavy atom. The van der Waals surface area contributed by atoms with Crippen molar-refractivity contribution in [3.8, 4) is 0 Å². The predicted molar refractivity (Wildman–Crippen MR) is 86.4 cm³/mol. The molecule has 1 aliphatic heterocycles. The van der Waals surface area contributed by atoms with Crippen LogP contribution < -0.4 is 5.73 Å². The van der Waals surface area contributed by atoms with Crippen LogP contribution in [0.5, 0.6) is 0 Å². The summed E-state index contributed by atoms with van der Waals surface area (Å²) in [7, 11) is 0. The second-order valence-corrected chi connectivity index (χ2v) is 5.79. The Morgan fingerprint density at radius 2 is 2.09 bits per heavy atom. The molecule has 1 amide bonds. The topological polar surface area (TPSA) is 87.9 Å². The van der Waals surface area contributed by atoms with E-state index in [2.05, 4.69) is 15.2 Å². The molecule has 6 nitrogen and oxygen atoms in total. The molecule has 1 aromatic carbocycles. The van der Waals surface area contributed by atoms with Crippen LogP contribution in [0.2, 0.25) is 0 Å². The Hall–Kier alpha value is -2.73. The number of hydrogen-bond donors (Lipinski definition) is 2. The van der Waals surface area contributed by atoms with Crippen LogP contribution >= 0.6 is 0 Å². The third kappa shape index (κ3) is 2.37. The van der Waals surface area contributed by atoms with Gasteiger partial charge < -0.3 is 10.6 Å². The van der Waals surface area contributed by atoms with Crippen molar-refractivity contribution in [2.75, 3.05) is 6.54 Å². The Morgan fingerprint density at radius 3 is 2.91 bits per heavy atom. The van der Waals surface area contributed by atoms with Crippen LogP contribution in [0.1, 0.15) is 22.7 Å². The minimum absolute atomic E-state index is 0.0471. The van der Waals surface area contributed by atoms with Crippen LogP contribution in [0.4, 0.5) is 0 Å². The van der Waals surface area contributed by atoms with Gasteiger partial charge in [-0.3, -0.25) is 9.89 Å². The smallest absolute Gasteiger partial charge is 0.244 e. The molecular formula is C17H17N5O. The number of benzene rings is 1. The Balaban J connectivity index is 1.59. The van der Waals surface area contributed by atoms with E-state index in [9.17, 15) is 4.79 Å². The lowest BCUT2D eigenvalue weighted by atomic mass is 9.98. The molecule has 116 valence electrons. The lowest BCUT2D eigenvalue weighted by Crippen LogP contribution is -2.41. The van der Waals surface area contributed by atoms with Gasteiger partial charge >= 0.3 is 0 Å². The summed E-state index contributed by atoms with van der Waals surface area (Å²) < 4.78 is 0. The molecule has 2 aromatic heterocycles. The minimum atomic E-state index is -0.622. The largest absolute Gasteiger partial charge is 0.336 e. The lowest BCUT2D eigenvalue weighted by molar-refractivity contribution is -0.133. The Labute approximate surface area is 133 Å². The van der Waals surface area contributed by atoms with E-state index in [1.807, 2.05) is 41.4 Å². The van der Waals surface area contributed by atoms with E-state index >= 15 is 0 Å². The third-order valence-electron chi connectivity index (χ3n) is 4.41. The van der Waals surface area contributed by atoms with Crippen molar-refractivity contribution < 1.29 is 4.79 Å². The molecule has 0 spiro atoms. The summed E-state index contributed by atoms with van der Waals surface area (Å²) in [5.41, 5.74) is 10.1. The minimum Gasteiger partial charge on any atom is -0.336 e. The summed E-state index contributed by atoms with van der Waals surface area (Å²) in [6.07, 6.45) is 4.42. The molecule has 3 aromatic rings. The molecule has 4 rings (SSSR count). The summed E-state index contributed by atoms with van der Waals surface area (Å²) in [6.45, 7) is 1.21. The quantitative estimate of drug-likeness (QED) is 0.752. The average Bonchev–Trinajstić information content (AvgIpc) is 3.10. The normalized spacial score (nSPS) is 15.4. The summed E-state index contributed by atoms with van der Waals surface area (Å²) in [5, 5.41) is 7.97. The number of H-pyrrole nitrogens is 1. The monoisotopic (exact) mass is 307 g/mol. The molecule has 0 saturated heterocycles. The van der Waals surface area contributed by atoms with E-state index in [0.29, 0.717) is 13.1 Å². The molecule has 1 atom stereocenters. The van der Waals surface area contributed by atoms with Gasteiger partial charge in [0.1, 0.15) is 6.04 Å². The molecular weight excluding hydrogens is 290 g/mol. The van der Waals surface area contributed by atoms with Crippen LogP contribution in [-0.4, -0.2) is 32.5 Å². The number of hydrogen-bond acceptors (Lipinski definition) is 4. The molecule has 0 saturated carbocycles. The van der Waals surface area contributed by atoms with Crippen LogP contribution in [0.3, 0.4) is 0 Å². The number of nitrogens with zero attached hydrogens (tertiary/aromatic N) is 3. The first kappa shape index (κ1) is 13.9. The molecule has 0 aliphatic carbocycles. The summed E-state index contributed by atoms with van der Waals surface area (Å²) in [6, 6.07) is 8.86. The summed E-state index contributed by atoms with van der Waals surface area (Å²) in [4.78, 5) is 18.9. The molecule has 23 heavy (non-hydrogen) atoms. The molecule has 0 radical (unpaired) electrons. The zero-order valence-corrected chi connectivity index (χ0v) is 12.6. The van der Waals surface area contributed by atoms with Gasteiger partial charge in [-0.05, 0) is 23.1 Å². The van der Waals surface area contributed by atoms with Crippen molar-refractivity contribution in [3.63, 3.8) is 0 Å². The van der Waals surface area contributed by atoms with Gasteiger partial charge in [0.05, 0.1) is 6.20 Å². The maximum atomic E-state index is 12.7. The number of aromatic nitrogens is 3. The van der Waals surface area contributed by atoms with E-state index in [1.165, 1.54) is 5.56 Å². The number of amides is 1. The number of nitrogens with two attached hydrogens (primary N) is 1. The van der Waals surface area contributed by atoms with E-state index in [1.54, 1.807) is 6.20 Å². The van der Waals surface area contributed by atoms with Crippen molar-refractivity contribution >= 4 is 16.9 Å². The SMILES string of the molecule is N[C@H](C(=O)N1CCc2c(cnc3[nH]ncc23)C1)c1ccccc1. The van der Waals surface area contributed by atoms with E-state index < -0.39 is 6.04 Å². The maximum Gasteiger partial charge on any atom is 0.244 e. The number of fused-ring (bicyclic) bond motifs is 3. The average molecular weight is 307 g/mol. The Bertz CT molecular complexity index is 858. The number of pyridine rings is 1. The molecule has 6 heteroatoms. The van der Waals surface area contributed by atoms with Crippen molar-refractivity contribution in [2.24, 2.45) is 5.73 Å². The van der Waals surface area contributed by atoms with Gasteiger partial charge in [-0.1, -0.05) is 30.3 Å². The zero-order chi connectivity index (χ0) is 15.8. The maximum absolute atomic E-state index is 12.7. The van der Waals surface area contributed by atoms with Gasteiger partial charge in [-0.15, -0.1) is 0 Å². The van der Waals surface area contributed by atoms with Crippen LogP contribution in [0.25, 0.3) is 11.0 Å². The fraction of sp³-hybridized carbons (Fsp3) is 0.235. The van der Waals surface area contributed by atoms with Gasteiger partial charge in [0.15, 0.2) is 5.65 Å². The van der Waals surface area contributed by atoms with E-state index in [4.69, 9.17) is 5.73 Å². The number of rotatable bonds is 2. The standard InChI is InChI=1S/C17H17N5O/c18-15(11-4-2-1-3-5-11)17(23)22-7-6-13-12(10-22)8-19-16-14(13)9-20-21-16/h1-5,8-9,15H,6-7,10,18H2,(H,19,20,21)/t15-/m0/s1. The first-order valence-corrected chi connectivity index (χ1v) is 7.63. The number of aromatic amines is 1. The number of carbonyl (C=O) groups is 1. The van der Waals surface area contributed by atoms with Gasteiger partial charge in [-0.2, -0.15) is 5.10 Å². The Kier molecular flexibility index (Phi) is 3.31. The molecule has 3 heterocycles.